The van der Waals surface area contributed by atoms with Crippen LogP contribution in [0.25, 0.3) is 0 Å². The standard InChI is InChI=1S/C16H17NO3S/c17-14-8-4-5-9-15(14)20-12-16(18)19-10-11-21-13-6-2-1-3-7-13/h1-9H,10-12,17H2. The van der Waals surface area contributed by atoms with Gasteiger partial charge in [-0.15, -0.1) is 11.8 Å². The SMILES string of the molecule is Nc1ccccc1OCC(=O)OCCSc1ccccc1. The van der Waals surface area contributed by atoms with Gasteiger partial charge in [-0.25, -0.2) is 4.79 Å². The second-order valence-electron chi connectivity index (χ2n) is 4.21. The third kappa shape index (κ3) is 5.39. The zero-order chi connectivity index (χ0) is 14.9. The zero-order valence-electron chi connectivity index (χ0n) is 11.5. The van der Waals surface area contributed by atoms with Crippen LogP contribution in [0.1, 0.15) is 0 Å². The van der Waals surface area contributed by atoms with Crippen LogP contribution in [0.4, 0.5) is 5.69 Å². The summed E-state index contributed by atoms with van der Waals surface area (Å²) in [5.41, 5.74) is 6.22. The van der Waals surface area contributed by atoms with E-state index in [1.807, 2.05) is 30.3 Å². The van der Waals surface area contributed by atoms with E-state index in [1.54, 1.807) is 36.0 Å². The number of nitrogen functional groups attached to an aromatic ring is 1. The minimum absolute atomic E-state index is 0.135. The first-order valence-corrected chi connectivity index (χ1v) is 7.55. The molecule has 2 rings (SSSR count). The van der Waals surface area contributed by atoms with E-state index in [0.29, 0.717) is 23.8 Å². The molecule has 0 saturated heterocycles. The molecule has 4 nitrogen and oxygen atoms in total. The number of thioether (sulfide) groups is 1. The third-order valence-corrected chi connectivity index (χ3v) is 3.60. The van der Waals surface area contributed by atoms with E-state index >= 15 is 0 Å². The van der Waals surface area contributed by atoms with E-state index in [9.17, 15) is 4.79 Å². The molecule has 2 N–H and O–H groups in total. The maximum Gasteiger partial charge on any atom is 0.344 e. The fourth-order valence-corrected chi connectivity index (χ4v) is 2.37. The summed E-state index contributed by atoms with van der Waals surface area (Å²) in [6.07, 6.45) is 0. The fourth-order valence-electron chi connectivity index (χ4n) is 1.62. The first-order valence-electron chi connectivity index (χ1n) is 6.56. The van der Waals surface area contributed by atoms with Crippen molar-refractivity contribution in [3.63, 3.8) is 0 Å². The highest BCUT2D eigenvalue weighted by molar-refractivity contribution is 7.99. The van der Waals surface area contributed by atoms with Crippen LogP contribution in [0, 0.1) is 0 Å². The Kier molecular flexibility index (Phi) is 5.97. The number of rotatable bonds is 7. The average Bonchev–Trinajstić information content (AvgIpc) is 2.52. The Balaban J connectivity index is 1.63. The van der Waals surface area contributed by atoms with Crippen molar-refractivity contribution in [1.82, 2.24) is 0 Å². The molecule has 0 amide bonds. The predicted molar refractivity (Wildman–Crippen MR) is 84.5 cm³/mol. The van der Waals surface area contributed by atoms with E-state index in [-0.39, 0.29) is 6.61 Å². The molecule has 0 saturated carbocycles. The van der Waals surface area contributed by atoms with Crippen molar-refractivity contribution in [2.75, 3.05) is 24.7 Å². The first kappa shape index (κ1) is 15.3. The van der Waals surface area contributed by atoms with Gasteiger partial charge in [-0.05, 0) is 24.3 Å². The molecular formula is C16H17NO3S. The molecule has 2 aromatic rings. The maximum atomic E-state index is 11.5. The van der Waals surface area contributed by atoms with Crippen molar-refractivity contribution in [3.8, 4) is 5.75 Å². The van der Waals surface area contributed by atoms with E-state index in [0.717, 1.165) is 4.90 Å². The summed E-state index contributed by atoms with van der Waals surface area (Å²) in [4.78, 5) is 12.7. The number of carbonyl (C=O) groups is 1. The Labute approximate surface area is 128 Å². The molecule has 0 unspecified atom stereocenters. The number of para-hydroxylation sites is 2. The Hall–Kier alpha value is -2.14. The molecule has 0 radical (unpaired) electrons. The number of hydrogen-bond donors (Lipinski definition) is 1. The second kappa shape index (κ2) is 8.21. The normalized spacial score (nSPS) is 10.1. The largest absolute Gasteiger partial charge is 0.480 e. The van der Waals surface area contributed by atoms with Crippen LogP contribution in [-0.4, -0.2) is 24.9 Å². The highest BCUT2D eigenvalue weighted by Crippen LogP contribution is 2.19. The topological polar surface area (TPSA) is 61.5 Å². The van der Waals surface area contributed by atoms with Crippen LogP contribution in [-0.2, 0) is 9.53 Å². The van der Waals surface area contributed by atoms with Gasteiger partial charge in [-0.2, -0.15) is 0 Å². The Morgan fingerprint density at radius 2 is 1.76 bits per heavy atom. The molecule has 2 aromatic carbocycles. The van der Waals surface area contributed by atoms with Crippen molar-refractivity contribution in [2.45, 2.75) is 4.90 Å². The van der Waals surface area contributed by atoms with Crippen molar-refractivity contribution >= 4 is 23.4 Å². The summed E-state index contributed by atoms with van der Waals surface area (Å²) in [6.45, 7) is 0.218. The summed E-state index contributed by atoms with van der Waals surface area (Å²) in [6, 6.07) is 17.0. The number of hydrogen-bond acceptors (Lipinski definition) is 5. The van der Waals surface area contributed by atoms with Crippen LogP contribution >= 0.6 is 11.8 Å². The van der Waals surface area contributed by atoms with Crippen LogP contribution in [0.2, 0.25) is 0 Å². The molecule has 21 heavy (non-hydrogen) atoms. The molecule has 0 aromatic heterocycles. The molecule has 0 bridgehead atoms. The van der Waals surface area contributed by atoms with Crippen molar-refractivity contribution in [1.29, 1.82) is 0 Å². The van der Waals surface area contributed by atoms with E-state index < -0.39 is 5.97 Å². The predicted octanol–water partition coefficient (Wildman–Crippen LogP) is 2.98. The lowest BCUT2D eigenvalue weighted by Gasteiger charge is -2.08. The number of ether oxygens (including phenoxy) is 2. The summed E-state index contributed by atoms with van der Waals surface area (Å²) >= 11 is 1.64. The lowest BCUT2D eigenvalue weighted by Crippen LogP contribution is -2.16. The number of benzene rings is 2. The van der Waals surface area contributed by atoms with Crippen LogP contribution in [0.15, 0.2) is 59.5 Å². The van der Waals surface area contributed by atoms with Crippen LogP contribution in [0.3, 0.4) is 0 Å². The summed E-state index contributed by atoms with van der Waals surface area (Å²) in [5, 5.41) is 0. The van der Waals surface area contributed by atoms with Crippen LogP contribution < -0.4 is 10.5 Å². The highest BCUT2D eigenvalue weighted by Gasteiger charge is 2.06. The fraction of sp³-hybridized carbons (Fsp3) is 0.188. The Morgan fingerprint density at radius 1 is 1.05 bits per heavy atom. The van der Waals surface area contributed by atoms with E-state index in [1.165, 1.54) is 0 Å². The minimum Gasteiger partial charge on any atom is -0.480 e. The number of nitrogens with two attached hydrogens (primary N) is 1. The molecule has 0 spiro atoms. The summed E-state index contributed by atoms with van der Waals surface area (Å²) < 4.78 is 10.4. The van der Waals surface area contributed by atoms with Gasteiger partial charge in [-0.1, -0.05) is 30.3 Å². The quantitative estimate of drug-likeness (QED) is 0.369. The van der Waals surface area contributed by atoms with Crippen molar-refractivity contribution < 1.29 is 14.3 Å². The molecular weight excluding hydrogens is 286 g/mol. The van der Waals surface area contributed by atoms with E-state index in [4.69, 9.17) is 15.2 Å². The molecule has 5 heteroatoms. The Bertz CT molecular complexity index is 575. The number of esters is 1. The van der Waals surface area contributed by atoms with Gasteiger partial charge in [0, 0.05) is 10.6 Å². The van der Waals surface area contributed by atoms with Gasteiger partial charge in [0.25, 0.3) is 0 Å². The second-order valence-corrected chi connectivity index (χ2v) is 5.38. The third-order valence-electron chi connectivity index (χ3n) is 2.62. The number of anilines is 1. The van der Waals surface area contributed by atoms with Gasteiger partial charge in [0.2, 0.25) is 0 Å². The van der Waals surface area contributed by atoms with Gasteiger partial charge in [0.15, 0.2) is 6.61 Å². The Morgan fingerprint density at radius 3 is 2.52 bits per heavy atom. The number of carbonyl (C=O) groups excluding carboxylic acids is 1. The molecule has 0 fully saturated rings. The lowest BCUT2D eigenvalue weighted by molar-refractivity contribution is -0.145. The molecule has 0 aliphatic rings. The van der Waals surface area contributed by atoms with Crippen molar-refractivity contribution in [3.05, 3.63) is 54.6 Å². The molecule has 0 aliphatic heterocycles. The van der Waals surface area contributed by atoms with Gasteiger partial charge < -0.3 is 15.2 Å². The van der Waals surface area contributed by atoms with Gasteiger partial charge in [0.05, 0.1) is 5.69 Å². The molecule has 0 atom stereocenters. The smallest absolute Gasteiger partial charge is 0.344 e. The lowest BCUT2D eigenvalue weighted by atomic mass is 10.3. The van der Waals surface area contributed by atoms with Gasteiger partial charge in [-0.3, -0.25) is 0 Å². The highest BCUT2D eigenvalue weighted by atomic mass is 32.2. The van der Waals surface area contributed by atoms with Crippen molar-refractivity contribution in [2.24, 2.45) is 0 Å². The first-order chi connectivity index (χ1) is 10.3. The monoisotopic (exact) mass is 303 g/mol. The zero-order valence-corrected chi connectivity index (χ0v) is 12.3. The molecule has 110 valence electrons. The average molecular weight is 303 g/mol. The summed E-state index contributed by atoms with van der Waals surface area (Å²) in [5.74, 6) is 0.809. The molecule has 0 aliphatic carbocycles. The van der Waals surface area contributed by atoms with E-state index in [2.05, 4.69) is 0 Å². The molecule has 0 heterocycles. The minimum atomic E-state index is -0.396. The van der Waals surface area contributed by atoms with Gasteiger partial charge in [0.1, 0.15) is 12.4 Å². The van der Waals surface area contributed by atoms with Crippen LogP contribution in [0.5, 0.6) is 5.75 Å². The summed E-state index contributed by atoms with van der Waals surface area (Å²) in [7, 11) is 0. The maximum absolute atomic E-state index is 11.5. The van der Waals surface area contributed by atoms with Gasteiger partial charge >= 0.3 is 5.97 Å².